The summed E-state index contributed by atoms with van der Waals surface area (Å²) in [4.78, 5) is 12.3. The van der Waals surface area contributed by atoms with E-state index in [9.17, 15) is 4.79 Å². The second-order valence-electron chi connectivity index (χ2n) is 5.57. The molecule has 0 saturated heterocycles. The number of carbonyl (C=O) groups excluding carboxylic acids is 1. The van der Waals surface area contributed by atoms with Crippen molar-refractivity contribution in [2.24, 2.45) is 5.73 Å². The number of benzene rings is 1. The highest BCUT2D eigenvalue weighted by Gasteiger charge is 2.22. The quantitative estimate of drug-likeness (QED) is 0.847. The van der Waals surface area contributed by atoms with Gasteiger partial charge in [-0.2, -0.15) is 5.10 Å². The molecule has 2 aromatic rings. The molecule has 1 heterocycles. The van der Waals surface area contributed by atoms with E-state index >= 15 is 0 Å². The zero-order chi connectivity index (χ0) is 15.6. The van der Waals surface area contributed by atoms with E-state index in [0.29, 0.717) is 12.1 Å². The molecule has 0 aliphatic carbocycles. The molecule has 0 fully saturated rings. The van der Waals surface area contributed by atoms with Crippen LogP contribution in [-0.4, -0.2) is 27.8 Å². The first-order valence-corrected chi connectivity index (χ1v) is 7.46. The Balaban J connectivity index is 0.00000242. The Hall–Kier alpha value is -1.37. The summed E-state index contributed by atoms with van der Waals surface area (Å²) in [6, 6.07) is 7.76. The number of nitrogens with zero attached hydrogens (tertiary/aromatic N) is 2. The summed E-state index contributed by atoms with van der Waals surface area (Å²) in [6.45, 7) is 6.02. The third-order valence-electron chi connectivity index (χ3n) is 3.29. The lowest BCUT2D eigenvalue weighted by molar-refractivity contribution is 0.0915. The summed E-state index contributed by atoms with van der Waals surface area (Å²) in [7, 11) is 0. The Morgan fingerprint density at radius 3 is 2.50 bits per heavy atom. The molecule has 1 aromatic carbocycles. The van der Waals surface area contributed by atoms with Gasteiger partial charge in [0.25, 0.3) is 5.91 Å². The van der Waals surface area contributed by atoms with Crippen LogP contribution in [0.2, 0.25) is 0 Å². The lowest BCUT2D eigenvalue weighted by Crippen LogP contribution is -2.48. The molecule has 0 spiro atoms. The average Bonchev–Trinajstić information content (AvgIpc) is 2.81. The van der Waals surface area contributed by atoms with Gasteiger partial charge in [0.15, 0.2) is 0 Å². The number of carbonyl (C=O) groups is 1. The van der Waals surface area contributed by atoms with E-state index in [4.69, 9.17) is 5.73 Å². The standard InChI is InChI=1S/C15H19BrN4O.ClH/c1-10-13(14(21)19-15(2,3)9-17)8-18-20(10)12-6-4-11(16)5-7-12;/h4-8H,9,17H2,1-3H3,(H,19,21);1H. The van der Waals surface area contributed by atoms with Gasteiger partial charge < -0.3 is 11.1 Å². The van der Waals surface area contributed by atoms with Gasteiger partial charge in [0.2, 0.25) is 0 Å². The van der Waals surface area contributed by atoms with Gasteiger partial charge >= 0.3 is 0 Å². The minimum atomic E-state index is -0.441. The van der Waals surface area contributed by atoms with E-state index in [2.05, 4.69) is 26.3 Å². The van der Waals surface area contributed by atoms with Crippen molar-refractivity contribution in [3.8, 4) is 5.69 Å². The van der Waals surface area contributed by atoms with Crippen molar-refractivity contribution in [1.82, 2.24) is 15.1 Å². The first-order chi connectivity index (χ1) is 9.84. The largest absolute Gasteiger partial charge is 0.346 e. The second kappa shape index (κ2) is 7.26. The molecule has 0 bridgehead atoms. The summed E-state index contributed by atoms with van der Waals surface area (Å²) >= 11 is 3.40. The molecule has 2 rings (SSSR count). The molecule has 0 unspecified atom stereocenters. The van der Waals surface area contributed by atoms with Crippen LogP contribution in [0.15, 0.2) is 34.9 Å². The summed E-state index contributed by atoms with van der Waals surface area (Å²) in [6.07, 6.45) is 1.58. The molecule has 5 nitrogen and oxygen atoms in total. The molecule has 0 aliphatic rings. The number of hydrogen-bond acceptors (Lipinski definition) is 3. The third-order valence-corrected chi connectivity index (χ3v) is 3.82. The molecule has 22 heavy (non-hydrogen) atoms. The first-order valence-electron chi connectivity index (χ1n) is 6.67. The first kappa shape index (κ1) is 18.7. The normalized spacial score (nSPS) is 11.0. The van der Waals surface area contributed by atoms with Crippen molar-refractivity contribution in [2.45, 2.75) is 26.3 Å². The number of nitrogens with two attached hydrogens (primary N) is 1. The van der Waals surface area contributed by atoms with Gasteiger partial charge in [-0.3, -0.25) is 4.79 Å². The highest BCUT2D eigenvalue weighted by Crippen LogP contribution is 2.17. The van der Waals surface area contributed by atoms with Crippen LogP contribution in [0.1, 0.15) is 29.9 Å². The maximum Gasteiger partial charge on any atom is 0.255 e. The fourth-order valence-electron chi connectivity index (χ4n) is 1.90. The molecule has 7 heteroatoms. The smallest absolute Gasteiger partial charge is 0.255 e. The Bertz CT molecular complexity index is 652. The Morgan fingerprint density at radius 1 is 1.36 bits per heavy atom. The molecule has 120 valence electrons. The number of hydrogen-bond donors (Lipinski definition) is 2. The topological polar surface area (TPSA) is 72.9 Å². The summed E-state index contributed by atoms with van der Waals surface area (Å²) in [5.41, 5.74) is 7.46. The summed E-state index contributed by atoms with van der Waals surface area (Å²) in [5.74, 6) is -0.161. The molecular formula is C15H20BrClN4O. The maximum absolute atomic E-state index is 12.3. The zero-order valence-electron chi connectivity index (χ0n) is 12.8. The SMILES string of the molecule is Cc1c(C(=O)NC(C)(C)CN)cnn1-c1ccc(Br)cc1.Cl. The predicted octanol–water partition coefficient (Wildman–Crippen LogP) is 2.83. The molecule has 0 saturated carbocycles. The minimum absolute atomic E-state index is 0. The van der Waals surface area contributed by atoms with Gasteiger partial charge in [0, 0.05) is 16.6 Å². The third kappa shape index (κ3) is 4.09. The van der Waals surface area contributed by atoms with Crippen LogP contribution in [0, 0.1) is 6.92 Å². The Labute approximate surface area is 144 Å². The second-order valence-corrected chi connectivity index (χ2v) is 6.49. The number of aromatic nitrogens is 2. The summed E-state index contributed by atoms with van der Waals surface area (Å²) in [5, 5.41) is 7.21. The Kier molecular flexibility index (Phi) is 6.17. The molecule has 0 aliphatic heterocycles. The summed E-state index contributed by atoms with van der Waals surface area (Å²) < 4.78 is 2.75. The number of halogens is 2. The van der Waals surface area contributed by atoms with Crippen molar-refractivity contribution in [2.75, 3.05) is 6.54 Å². The molecular weight excluding hydrogens is 368 g/mol. The van der Waals surface area contributed by atoms with E-state index < -0.39 is 5.54 Å². The van der Waals surface area contributed by atoms with E-state index in [0.717, 1.165) is 15.9 Å². The van der Waals surface area contributed by atoms with Gasteiger partial charge in [-0.25, -0.2) is 4.68 Å². The molecule has 1 amide bonds. The van der Waals surface area contributed by atoms with Crippen LogP contribution in [-0.2, 0) is 0 Å². The van der Waals surface area contributed by atoms with Crippen LogP contribution in [0.3, 0.4) is 0 Å². The van der Waals surface area contributed by atoms with Crippen LogP contribution in [0.25, 0.3) is 5.69 Å². The van der Waals surface area contributed by atoms with Crippen LogP contribution >= 0.6 is 28.3 Å². The van der Waals surface area contributed by atoms with E-state index in [1.807, 2.05) is 45.0 Å². The van der Waals surface area contributed by atoms with Gasteiger partial charge in [-0.05, 0) is 45.0 Å². The molecule has 3 N–H and O–H groups in total. The van der Waals surface area contributed by atoms with Crippen LogP contribution < -0.4 is 11.1 Å². The molecule has 1 aromatic heterocycles. The van der Waals surface area contributed by atoms with Crippen molar-refractivity contribution >= 4 is 34.2 Å². The highest BCUT2D eigenvalue weighted by molar-refractivity contribution is 9.10. The number of rotatable bonds is 4. The lowest BCUT2D eigenvalue weighted by atomic mass is 10.1. The Morgan fingerprint density at radius 2 is 1.95 bits per heavy atom. The van der Waals surface area contributed by atoms with Crippen LogP contribution in [0.4, 0.5) is 0 Å². The molecule has 0 atom stereocenters. The van der Waals surface area contributed by atoms with Gasteiger partial charge in [-0.15, -0.1) is 12.4 Å². The van der Waals surface area contributed by atoms with Gasteiger partial charge in [0.05, 0.1) is 23.1 Å². The minimum Gasteiger partial charge on any atom is -0.346 e. The number of nitrogens with one attached hydrogen (secondary N) is 1. The van der Waals surface area contributed by atoms with Crippen molar-refractivity contribution in [3.05, 3.63) is 46.2 Å². The average molecular weight is 388 g/mol. The monoisotopic (exact) mass is 386 g/mol. The predicted molar refractivity (Wildman–Crippen MR) is 93.8 cm³/mol. The zero-order valence-corrected chi connectivity index (χ0v) is 15.2. The van der Waals surface area contributed by atoms with Crippen molar-refractivity contribution < 1.29 is 4.79 Å². The van der Waals surface area contributed by atoms with Crippen molar-refractivity contribution in [3.63, 3.8) is 0 Å². The van der Waals surface area contributed by atoms with Crippen LogP contribution in [0.5, 0.6) is 0 Å². The highest BCUT2D eigenvalue weighted by atomic mass is 79.9. The van der Waals surface area contributed by atoms with Gasteiger partial charge in [0.1, 0.15) is 0 Å². The van der Waals surface area contributed by atoms with Crippen molar-refractivity contribution in [1.29, 1.82) is 0 Å². The molecule has 0 radical (unpaired) electrons. The van der Waals surface area contributed by atoms with E-state index in [-0.39, 0.29) is 18.3 Å². The number of amides is 1. The maximum atomic E-state index is 12.3. The van der Waals surface area contributed by atoms with E-state index in [1.54, 1.807) is 10.9 Å². The lowest BCUT2D eigenvalue weighted by Gasteiger charge is -2.24. The van der Waals surface area contributed by atoms with E-state index in [1.165, 1.54) is 0 Å². The fourth-order valence-corrected chi connectivity index (χ4v) is 2.17. The van der Waals surface area contributed by atoms with Gasteiger partial charge in [-0.1, -0.05) is 15.9 Å². The fraction of sp³-hybridized carbons (Fsp3) is 0.333.